The second-order valence-corrected chi connectivity index (χ2v) is 6.98. The predicted octanol–water partition coefficient (Wildman–Crippen LogP) is 5.34. The van der Waals surface area contributed by atoms with Crippen LogP contribution in [-0.2, 0) is 4.79 Å². The van der Waals surface area contributed by atoms with E-state index in [-0.39, 0.29) is 12.5 Å². The quantitative estimate of drug-likeness (QED) is 0.614. The number of thiazole rings is 1. The smallest absolute Gasteiger partial charge is 0.264 e. The second kappa shape index (κ2) is 8.63. The third kappa shape index (κ3) is 4.70. The van der Waals surface area contributed by atoms with Crippen LogP contribution in [0.15, 0.2) is 60.0 Å². The van der Waals surface area contributed by atoms with Gasteiger partial charge < -0.3 is 4.74 Å². The molecule has 1 unspecified atom stereocenters. The molecule has 0 aliphatic rings. The van der Waals surface area contributed by atoms with E-state index in [1.165, 1.54) is 16.9 Å². The van der Waals surface area contributed by atoms with Gasteiger partial charge in [0.15, 0.2) is 11.7 Å². The summed E-state index contributed by atoms with van der Waals surface area (Å²) < 4.78 is 5.56. The van der Waals surface area contributed by atoms with Crippen molar-refractivity contribution < 1.29 is 9.53 Å². The Morgan fingerprint density at radius 2 is 1.88 bits per heavy atom. The van der Waals surface area contributed by atoms with Crippen molar-refractivity contribution in [3.05, 3.63) is 65.5 Å². The lowest BCUT2D eigenvalue weighted by Crippen LogP contribution is -2.20. The van der Waals surface area contributed by atoms with Crippen molar-refractivity contribution in [3.8, 4) is 17.0 Å². The van der Waals surface area contributed by atoms with E-state index in [9.17, 15) is 4.79 Å². The highest BCUT2D eigenvalue weighted by atomic mass is 32.1. The van der Waals surface area contributed by atoms with Gasteiger partial charge in [0.05, 0.1) is 5.69 Å². The molecule has 3 rings (SSSR count). The number of rotatable bonds is 7. The summed E-state index contributed by atoms with van der Waals surface area (Å²) in [7, 11) is 0. The Kier molecular flexibility index (Phi) is 6.02. The Balaban J connectivity index is 1.52. The van der Waals surface area contributed by atoms with Gasteiger partial charge in [0.2, 0.25) is 0 Å². The lowest BCUT2D eigenvalue weighted by Gasteiger charge is -2.10. The lowest BCUT2D eigenvalue weighted by atomic mass is 9.99. The molecule has 1 N–H and O–H groups in total. The number of benzene rings is 2. The third-order valence-electron chi connectivity index (χ3n) is 4.25. The van der Waals surface area contributed by atoms with Crippen LogP contribution in [0.1, 0.15) is 31.7 Å². The summed E-state index contributed by atoms with van der Waals surface area (Å²) in [5, 5.41) is 5.29. The van der Waals surface area contributed by atoms with Gasteiger partial charge in [0.1, 0.15) is 5.75 Å². The van der Waals surface area contributed by atoms with Crippen molar-refractivity contribution in [1.29, 1.82) is 0 Å². The topological polar surface area (TPSA) is 51.2 Å². The van der Waals surface area contributed by atoms with Gasteiger partial charge in [-0.3, -0.25) is 10.1 Å². The predicted molar refractivity (Wildman–Crippen MR) is 107 cm³/mol. The SMILES string of the molecule is CCC(C)c1ccc(OCC(=O)Nc2nc(-c3ccccc3)cs2)cc1. The summed E-state index contributed by atoms with van der Waals surface area (Å²) in [4.78, 5) is 16.5. The van der Waals surface area contributed by atoms with Crippen LogP contribution in [0.25, 0.3) is 11.3 Å². The first kappa shape index (κ1) is 18.1. The van der Waals surface area contributed by atoms with Crippen LogP contribution in [-0.4, -0.2) is 17.5 Å². The molecule has 134 valence electrons. The van der Waals surface area contributed by atoms with Crippen molar-refractivity contribution >= 4 is 22.4 Å². The van der Waals surface area contributed by atoms with E-state index in [4.69, 9.17) is 4.74 Å². The van der Waals surface area contributed by atoms with E-state index in [0.717, 1.165) is 17.7 Å². The van der Waals surface area contributed by atoms with Crippen molar-refractivity contribution in [2.75, 3.05) is 11.9 Å². The number of nitrogens with one attached hydrogen (secondary N) is 1. The van der Waals surface area contributed by atoms with Gasteiger partial charge in [-0.1, -0.05) is 56.3 Å². The summed E-state index contributed by atoms with van der Waals surface area (Å²) in [5.74, 6) is 0.998. The number of amides is 1. The molecule has 0 bridgehead atoms. The van der Waals surface area contributed by atoms with Crippen LogP contribution in [0.5, 0.6) is 5.75 Å². The number of hydrogen-bond acceptors (Lipinski definition) is 4. The fraction of sp³-hybridized carbons (Fsp3) is 0.238. The summed E-state index contributed by atoms with van der Waals surface area (Å²) in [6.45, 7) is 4.32. The highest BCUT2D eigenvalue weighted by molar-refractivity contribution is 7.14. The van der Waals surface area contributed by atoms with E-state index in [2.05, 4.69) is 24.1 Å². The van der Waals surface area contributed by atoms with Gasteiger partial charge in [0.25, 0.3) is 5.91 Å². The van der Waals surface area contributed by atoms with Gasteiger partial charge >= 0.3 is 0 Å². The number of carbonyl (C=O) groups is 1. The van der Waals surface area contributed by atoms with Crippen molar-refractivity contribution in [3.63, 3.8) is 0 Å². The summed E-state index contributed by atoms with van der Waals surface area (Å²) >= 11 is 1.40. The molecular formula is C21H22N2O2S. The first-order valence-electron chi connectivity index (χ1n) is 8.69. The Hall–Kier alpha value is -2.66. The molecule has 0 aliphatic carbocycles. The molecule has 1 amide bonds. The van der Waals surface area contributed by atoms with Crippen LogP contribution < -0.4 is 10.1 Å². The van der Waals surface area contributed by atoms with E-state index in [0.29, 0.717) is 16.8 Å². The minimum atomic E-state index is -0.218. The molecule has 1 heterocycles. The Morgan fingerprint density at radius 3 is 2.58 bits per heavy atom. The molecule has 0 saturated heterocycles. The zero-order valence-electron chi connectivity index (χ0n) is 14.9. The number of anilines is 1. The highest BCUT2D eigenvalue weighted by Gasteiger charge is 2.09. The number of nitrogens with zero attached hydrogens (tertiary/aromatic N) is 1. The van der Waals surface area contributed by atoms with E-state index in [1.54, 1.807) is 0 Å². The molecule has 4 nitrogen and oxygen atoms in total. The lowest BCUT2D eigenvalue weighted by molar-refractivity contribution is -0.118. The molecule has 3 aromatic rings. The molecule has 2 aromatic carbocycles. The average molecular weight is 366 g/mol. The van der Waals surface area contributed by atoms with Crippen molar-refractivity contribution in [2.24, 2.45) is 0 Å². The molecule has 0 aliphatic heterocycles. The zero-order valence-corrected chi connectivity index (χ0v) is 15.8. The Bertz CT molecular complexity index is 844. The summed E-state index contributed by atoms with van der Waals surface area (Å²) in [5.41, 5.74) is 3.16. The second-order valence-electron chi connectivity index (χ2n) is 6.12. The van der Waals surface area contributed by atoms with Gasteiger partial charge in [-0.25, -0.2) is 4.98 Å². The van der Waals surface area contributed by atoms with E-state index < -0.39 is 0 Å². The first-order valence-corrected chi connectivity index (χ1v) is 9.57. The molecule has 26 heavy (non-hydrogen) atoms. The van der Waals surface area contributed by atoms with Crippen molar-refractivity contribution in [1.82, 2.24) is 4.98 Å². The molecule has 5 heteroatoms. The molecule has 0 radical (unpaired) electrons. The Morgan fingerprint density at radius 1 is 1.15 bits per heavy atom. The number of aromatic nitrogens is 1. The molecule has 1 aromatic heterocycles. The van der Waals surface area contributed by atoms with Crippen LogP contribution in [0.2, 0.25) is 0 Å². The van der Waals surface area contributed by atoms with Crippen LogP contribution >= 0.6 is 11.3 Å². The fourth-order valence-electron chi connectivity index (χ4n) is 2.51. The van der Waals surface area contributed by atoms with Gasteiger partial charge in [-0.15, -0.1) is 11.3 Å². The monoisotopic (exact) mass is 366 g/mol. The molecule has 1 atom stereocenters. The van der Waals surface area contributed by atoms with Crippen LogP contribution in [0.3, 0.4) is 0 Å². The van der Waals surface area contributed by atoms with E-state index >= 15 is 0 Å². The third-order valence-corrected chi connectivity index (χ3v) is 5.01. The number of ether oxygens (including phenoxy) is 1. The average Bonchev–Trinajstić information content (AvgIpc) is 3.15. The summed E-state index contributed by atoms with van der Waals surface area (Å²) in [6, 6.07) is 17.8. The Labute approximate surface area is 157 Å². The standard InChI is InChI=1S/C21H22N2O2S/c1-3-15(2)16-9-11-18(12-10-16)25-13-20(24)23-21-22-19(14-26-21)17-7-5-4-6-8-17/h4-12,14-15H,3,13H2,1-2H3,(H,22,23,24). The minimum absolute atomic E-state index is 0.0388. The minimum Gasteiger partial charge on any atom is -0.484 e. The molecule has 0 fully saturated rings. The maximum absolute atomic E-state index is 12.1. The maximum atomic E-state index is 12.1. The molecule has 0 spiro atoms. The van der Waals surface area contributed by atoms with Gasteiger partial charge in [-0.2, -0.15) is 0 Å². The molecule has 0 saturated carbocycles. The van der Waals surface area contributed by atoms with E-state index in [1.807, 2.05) is 60.0 Å². The highest BCUT2D eigenvalue weighted by Crippen LogP contribution is 2.25. The van der Waals surface area contributed by atoms with Gasteiger partial charge in [0, 0.05) is 10.9 Å². The maximum Gasteiger partial charge on any atom is 0.264 e. The van der Waals surface area contributed by atoms with Gasteiger partial charge in [-0.05, 0) is 30.0 Å². The zero-order chi connectivity index (χ0) is 18.4. The molecular weight excluding hydrogens is 344 g/mol. The van der Waals surface area contributed by atoms with Crippen LogP contribution in [0, 0.1) is 0 Å². The number of carbonyl (C=O) groups excluding carboxylic acids is 1. The largest absolute Gasteiger partial charge is 0.484 e. The number of hydrogen-bond donors (Lipinski definition) is 1. The van der Waals surface area contributed by atoms with Crippen molar-refractivity contribution in [2.45, 2.75) is 26.2 Å². The fourth-order valence-corrected chi connectivity index (χ4v) is 3.24. The normalized spacial score (nSPS) is 11.8. The first-order chi connectivity index (χ1) is 12.7. The van der Waals surface area contributed by atoms with Crippen LogP contribution in [0.4, 0.5) is 5.13 Å². The summed E-state index contributed by atoms with van der Waals surface area (Å²) in [6.07, 6.45) is 1.10.